The van der Waals surface area contributed by atoms with Crippen LogP contribution in [0.1, 0.15) is 76.2 Å². The molecule has 2 aromatic carbocycles. The van der Waals surface area contributed by atoms with Gasteiger partial charge in [0.25, 0.3) is 0 Å². The Balaban J connectivity index is 1.31. The number of alkyl halides is 3. The first kappa shape index (κ1) is 28.1. The molecular weight excluding hydrogens is 506 g/mol. The van der Waals surface area contributed by atoms with Gasteiger partial charge in [-0.25, -0.2) is 13.2 Å². The second-order valence-corrected chi connectivity index (χ2v) is 13.8. The predicted molar refractivity (Wildman–Crippen MR) is 136 cm³/mol. The van der Waals surface area contributed by atoms with Crippen LogP contribution in [0.2, 0.25) is 18.1 Å². The van der Waals surface area contributed by atoms with Gasteiger partial charge in [-0.2, -0.15) is 0 Å². The monoisotopic (exact) mass is 541 g/mol. The van der Waals surface area contributed by atoms with Gasteiger partial charge in [-0.1, -0.05) is 69.3 Å². The molecule has 2 fully saturated rings. The van der Waals surface area contributed by atoms with Crippen LogP contribution in [-0.4, -0.2) is 15.2 Å². The molecule has 4 rings (SSSR count). The van der Waals surface area contributed by atoms with Gasteiger partial charge in [0.1, 0.15) is 5.82 Å². The molecule has 0 aromatic heterocycles. The van der Waals surface area contributed by atoms with Crippen molar-refractivity contribution in [3.05, 3.63) is 53.3 Å². The van der Waals surface area contributed by atoms with E-state index in [-0.39, 0.29) is 25.8 Å². The van der Waals surface area contributed by atoms with E-state index >= 15 is 0 Å². The standard InChI is InChI=1S/C29H35F6OSi/c1-2-13-37-14-11-20(12-15-37)4-3-19-5-7-21(8-6-19)22-9-10-24(25(30)16-22)23-17-26(31)28(27(32)18-23)36-29(33,34)35/h9-10,16-21H,2-8,11-15H2,1H3. The minimum absolute atomic E-state index is 0.0625. The molecule has 37 heavy (non-hydrogen) atoms. The first-order chi connectivity index (χ1) is 17.6. The van der Waals surface area contributed by atoms with Gasteiger partial charge in [-0.3, -0.25) is 0 Å². The number of hydrogen-bond donors (Lipinski definition) is 0. The van der Waals surface area contributed by atoms with Gasteiger partial charge in [-0.05, 0) is 72.8 Å². The maximum Gasteiger partial charge on any atom is 0.573 e. The Hall–Kier alpha value is -1.96. The largest absolute Gasteiger partial charge is 0.573 e. The van der Waals surface area contributed by atoms with Crippen LogP contribution in [0, 0.1) is 29.3 Å². The Labute approximate surface area is 217 Å². The first-order valence-corrected chi connectivity index (χ1v) is 15.6. The summed E-state index contributed by atoms with van der Waals surface area (Å²) >= 11 is 0. The average molecular weight is 542 g/mol. The van der Waals surface area contributed by atoms with E-state index in [4.69, 9.17) is 0 Å². The Morgan fingerprint density at radius 2 is 1.41 bits per heavy atom. The molecule has 8 heteroatoms. The normalized spacial score (nSPS) is 21.8. The molecule has 0 atom stereocenters. The zero-order valence-corrected chi connectivity index (χ0v) is 22.3. The van der Waals surface area contributed by atoms with Gasteiger partial charge in [0, 0.05) is 14.4 Å². The highest BCUT2D eigenvalue weighted by Crippen LogP contribution is 2.41. The highest BCUT2D eigenvalue weighted by Gasteiger charge is 2.34. The molecule has 0 spiro atoms. The van der Waals surface area contributed by atoms with E-state index in [1.54, 1.807) is 6.07 Å². The van der Waals surface area contributed by atoms with E-state index < -0.39 is 29.6 Å². The van der Waals surface area contributed by atoms with Gasteiger partial charge >= 0.3 is 6.36 Å². The number of benzene rings is 2. The maximum absolute atomic E-state index is 15.0. The lowest BCUT2D eigenvalue weighted by atomic mass is 9.76. The molecular formula is C29H35F6OSi. The van der Waals surface area contributed by atoms with Crippen molar-refractivity contribution in [2.75, 3.05) is 0 Å². The summed E-state index contributed by atoms with van der Waals surface area (Å²) in [5.41, 5.74) is 0.614. The second kappa shape index (κ2) is 12.3. The van der Waals surface area contributed by atoms with Crippen molar-refractivity contribution < 1.29 is 31.1 Å². The summed E-state index contributed by atoms with van der Waals surface area (Å²) in [4.78, 5) is 0. The lowest BCUT2D eigenvalue weighted by Gasteiger charge is -2.32. The molecule has 1 saturated carbocycles. The molecule has 203 valence electrons. The lowest BCUT2D eigenvalue weighted by molar-refractivity contribution is -0.276. The third kappa shape index (κ3) is 7.55. The molecule has 1 saturated heterocycles. The van der Waals surface area contributed by atoms with Crippen LogP contribution >= 0.6 is 0 Å². The van der Waals surface area contributed by atoms with Crippen LogP contribution in [0.15, 0.2) is 30.3 Å². The molecule has 1 heterocycles. The summed E-state index contributed by atoms with van der Waals surface area (Å²) in [6, 6.07) is 10.4. The Bertz CT molecular complexity index is 1020. The van der Waals surface area contributed by atoms with Crippen molar-refractivity contribution in [1.82, 2.24) is 0 Å². The summed E-state index contributed by atoms with van der Waals surface area (Å²) in [5, 5.41) is 0. The van der Waals surface area contributed by atoms with E-state index in [0.717, 1.165) is 43.1 Å². The molecule has 1 radical (unpaired) electrons. The molecule has 1 aliphatic heterocycles. The molecule has 2 aromatic rings. The predicted octanol–water partition coefficient (Wildman–Crippen LogP) is 10.0. The average Bonchev–Trinajstić information content (AvgIpc) is 2.85. The van der Waals surface area contributed by atoms with Crippen LogP contribution in [0.4, 0.5) is 26.3 Å². The number of rotatable bonds is 8. The van der Waals surface area contributed by atoms with Gasteiger partial charge in [0.15, 0.2) is 11.6 Å². The molecule has 0 unspecified atom stereocenters. The number of halogens is 6. The van der Waals surface area contributed by atoms with Gasteiger partial charge < -0.3 is 4.74 Å². The zero-order chi connectivity index (χ0) is 26.6. The van der Waals surface area contributed by atoms with Crippen molar-refractivity contribution in [3.8, 4) is 16.9 Å². The van der Waals surface area contributed by atoms with Crippen LogP contribution in [0.25, 0.3) is 11.1 Å². The van der Waals surface area contributed by atoms with Gasteiger partial charge in [0.05, 0.1) is 0 Å². The van der Waals surface area contributed by atoms with Crippen molar-refractivity contribution in [2.24, 2.45) is 11.8 Å². The topological polar surface area (TPSA) is 9.23 Å². The van der Waals surface area contributed by atoms with Crippen LogP contribution in [0.3, 0.4) is 0 Å². The van der Waals surface area contributed by atoms with E-state index in [2.05, 4.69) is 11.7 Å². The van der Waals surface area contributed by atoms with E-state index in [1.807, 2.05) is 0 Å². The van der Waals surface area contributed by atoms with Gasteiger partial charge in [0.2, 0.25) is 5.75 Å². The fourth-order valence-electron chi connectivity index (χ4n) is 6.18. The molecule has 1 aliphatic carbocycles. The second-order valence-electron chi connectivity index (χ2n) is 10.8. The van der Waals surface area contributed by atoms with Crippen molar-refractivity contribution in [2.45, 2.75) is 95.1 Å². The Kier molecular flexibility index (Phi) is 9.30. The Morgan fingerprint density at radius 1 is 0.811 bits per heavy atom. The highest BCUT2D eigenvalue weighted by atomic mass is 28.3. The van der Waals surface area contributed by atoms with E-state index in [0.29, 0.717) is 12.1 Å². The minimum atomic E-state index is -5.23. The zero-order valence-electron chi connectivity index (χ0n) is 21.3. The molecule has 0 bridgehead atoms. The summed E-state index contributed by atoms with van der Waals surface area (Å²) in [6.07, 6.45) is 5.79. The summed E-state index contributed by atoms with van der Waals surface area (Å²) in [5.74, 6) is -3.40. The molecule has 1 nitrogen and oxygen atoms in total. The molecule has 2 aliphatic rings. The van der Waals surface area contributed by atoms with Crippen molar-refractivity contribution in [3.63, 3.8) is 0 Å². The fraction of sp³-hybridized carbons (Fsp3) is 0.586. The number of hydrogen-bond acceptors (Lipinski definition) is 1. The molecule has 0 N–H and O–H groups in total. The smallest absolute Gasteiger partial charge is 0.399 e. The third-order valence-corrected chi connectivity index (χ3v) is 11.4. The van der Waals surface area contributed by atoms with Crippen molar-refractivity contribution >= 4 is 8.80 Å². The number of ether oxygens (including phenoxy) is 1. The maximum atomic E-state index is 15.0. The highest BCUT2D eigenvalue weighted by molar-refractivity contribution is 6.58. The summed E-state index contributed by atoms with van der Waals surface area (Å²) < 4.78 is 83.7. The van der Waals surface area contributed by atoms with Crippen LogP contribution < -0.4 is 4.74 Å². The van der Waals surface area contributed by atoms with E-state index in [9.17, 15) is 26.3 Å². The van der Waals surface area contributed by atoms with Crippen LogP contribution in [-0.2, 0) is 0 Å². The summed E-state index contributed by atoms with van der Waals surface area (Å²) in [6.45, 7) is 2.30. The van der Waals surface area contributed by atoms with Crippen molar-refractivity contribution in [1.29, 1.82) is 0 Å². The Morgan fingerprint density at radius 3 is 1.95 bits per heavy atom. The van der Waals surface area contributed by atoms with E-state index in [1.165, 1.54) is 62.4 Å². The quantitative estimate of drug-likeness (QED) is 0.239. The summed E-state index contributed by atoms with van der Waals surface area (Å²) in [7, 11) is -0.0625. The minimum Gasteiger partial charge on any atom is -0.399 e. The third-order valence-electron chi connectivity index (χ3n) is 8.24. The lowest BCUT2D eigenvalue weighted by Crippen LogP contribution is -2.22. The fourth-order valence-corrected chi connectivity index (χ4v) is 9.27. The first-order valence-electron chi connectivity index (χ1n) is 13.5. The van der Waals surface area contributed by atoms with Gasteiger partial charge in [-0.15, -0.1) is 13.2 Å². The SMILES string of the molecule is CCC[Si]1CCC(CCC2CCC(c3ccc(-c4cc(F)c(OC(F)(F)F)c(F)c4)c(F)c3)CC2)CC1. The molecule has 0 amide bonds. The van der Waals surface area contributed by atoms with Crippen LogP contribution in [0.5, 0.6) is 5.75 Å².